The van der Waals surface area contributed by atoms with Crippen molar-refractivity contribution in [1.29, 1.82) is 0 Å². The zero-order valence-electron chi connectivity index (χ0n) is 13.4. The van der Waals surface area contributed by atoms with Crippen LogP contribution in [0.15, 0.2) is 22.4 Å². The SMILES string of the molecule is CC(C)N=Nc1c2c3c4c(ccc3c3c1=CCCC=3)CC(N2)[I-]4. The van der Waals surface area contributed by atoms with Crippen LogP contribution in [0.4, 0.5) is 11.4 Å². The Morgan fingerprint density at radius 3 is 2.83 bits per heavy atom. The second-order valence-electron chi connectivity index (χ2n) is 6.73. The molecule has 0 fully saturated rings. The summed E-state index contributed by atoms with van der Waals surface area (Å²) in [6.07, 6.45) is 8.17. The summed E-state index contributed by atoms with van der Waals surface area (Å²) >= 11 is 0.0766. The summed E-state index contributed by atoms with van der Waals surface area (Å²) in [5, 5.41) is 18.5. The van der Waals surface area contributed by atoms with E-state index >= 15 is 0 Å². The number of alkyl halides is 1. The van der Waals surface area contributed by atoms with Crippen molar-refractivity contribution in [3.05, 3.63) is 31.7 Å². The molecule has 0 spiro atoms. The molecule has 3 aliphatic rings. The predicted molar refractivity (Wildman–Crippen MR) is 90.8 cm³/mol. The van der Waals surface area contributed by atoms with Gasteiger partial charge in [0.05, 0.1) is 0 Å². The van der Waals surface area contributed by atoms with Gasteiger partial charge in [0.2, 0.25) is 0 Å². The van der Waals surface area contributed by atoms with Crippen LogP contribution in [-0.2, 0) is 6.42 Å². The van der Waals surface area contributed by atoms with Gasteiger partial charge in [-0.1, -0.05) is 0 Å². The van der Waals surface area contributed by atoms with Crippen LogP contribution in [0.1, 0.15) is 32.3 Å². The van der Waals surface area contributed by atoms with E-state index in [1.165, 1.54) is 33.3 Å². The quantitative estimate of drug-likeness (QED) is 0.324. The number of hydrogen-bond donors (Lipinski definition) is 1. The molecule has 3 nitrogen and oxygen atoms in total. The van der Waals surface area contributed by atoms with Gasteiger partial charge < -0.3 is 0 Å². The number of benzene rings is 2. The number of nitrogens with one attached hydrogen (secondary N) is 1. The van der Waals surface area contributed by atoms with Crippen LogP contribution < -0.4 is 37.0 Å². The van der Waals surface area contributed by atoms with Gasteiger partial charge in [-0.15, -0.1) is 0 Å². The third-order valence-corrected chi connectivity index (χ3v) is 8.10. The zero-order valence-corrected chi connectivity index (χ0v) is 15.5. The van der Waals surface area contributed by atoms with Crippen molar-refractivity contribution in [2.45, 2.75) is 43.2 Å². The van der Waals surface area contributed by atoms with Gasteiger partial charge in [0.15, 0.2) is 0 Å². The first-order chi connectivity index (χ1) is 11.2. The Labute approximate surface area is 145 Å². The molecule has 1 atom stereocenters. The van der Waals surface area contributed by atoms with Gasteiger partial charge in [-0.05, 0) is 0 Å². The maximum atomic E-state index is 4.70. The number of rotatable bonds is 2. The molecule has 0 radical (unpaired) electrons. The standard InChI is InChI=1S/C19H19IN3/c1-10(2)22-23-18-14-6-4-3-5-12(14)13-8-7-11-9-15-20-17(11)16(13)19(18)21-15/h5-8,10,15,21H,3-4,9H2,1-2H3/q-1. The third kappa shape index (κ3) is 2.00. The number of anilines is 1. The number of fused-ring (bicyclic) bond motifs is 3. The summed E-state index contributed by atoms with van der Waals surface area (Å²) in [5.74, 6) is 0. The van der Waals surface area contributed by atoms with Gasteiger partial charge in [-0.2, -0.15) is 0 Å². The van der Waals surface area contributed by atoms with Crippen LogP contribution in [-0.4, -0.2) is 10.1 Å². The first-order valence-electron chi connectivity index (χ1n) is 8.35. The van der Waals surface area contributed by atoms with E-state index in [1.54, 1.807) is 9.13 Å². The minimum absolute atomic E-state index is 0.0766. The topological polar surface area (TPSA) is 36.8 Å². The van der Waals surface area contributed by atoms with E-state index < -0.39 is 0 Å². The number of nitrogens with zero attached hydrogens (tertiary/aromatic N) is 2. The van der Waals surface area contributed by atoms with Crippen molar-refractivity contribution >= 4 is 34.3 Å². The van der Waals surface area contributed by atoms with Crippen LogP contribution in [0.5, 0.6) is 0 Å². The van der Waals surface area contributed by atoms with Crippen LogP contribution in [0.25, 0.3) is 22.9 Å². The fourth-order valence-electron chi connectivity index (χ4n) is 3.79. The van der Waals surface area contributed by atoms with E-state index in [2.05, 4.69) is 48.6 Å². The average molecular weight is 416 g/mol. The Balaban J connectivity index is 1.97. The predicted octanol–water partition coefficient (Wildman–Crippen LogP) is 0.253. The Hall–Kier alpha value is -1.43. The van der Waals surface area contributed by atoms with Gasteiger partial charge in [0.25, 0.3) is 0 Å². The summed E-state index contributed by atoms with van der Waals surface area (Å²) < 4.78 is 2.29. The van der Waals surface area contributed by atoms with Crippen molar-refractivity contribution in [2.75, 3.05) is 5.32 Å². The normalized spacial score (nSPS) is 21.1. The second-order valence-corrected chi connectivity index (χ2v) is 9.94. The number of hydrogen-bond acceptors (Lipinski definition) is 3. The fourth-order valence-corrected chi connectivity index (χ4v) is 7.38. The molecule has 1 N–H and O–H groups in total. The second kappa shape index (κ2) is 5.03. The fraction of sp³-hybridized carbons (Fsp3) is 0.368. The van der Waals surface area contributed by atoms with Crippen molar-refractivity contribution in [2.24, 2.45) is 10.2 Å². The summed E-state index contributed by atoms with van der Waals surface area (Å²) in [6, 6.07) is 4.93. The van der Waals surface area contributed by atoms with E-state index in [0.717, 1.165) is 18.5 Å². The van der Waals surface area contributed by atoms with Gasteiger partial charge in [-0.3, -0.25) is 0 Å². The Kier molecular flexibility index (Phi) is 3.05. The Bertz CT molecular complexity index is 988. The summed E-state index contributed by atoms with van der Waals surface area (Å²) in [4.78, 5) is 0. The average Bonchev–Trinajstić information content (AvgIpc) is 2.92. The molecule has 2 heterocycles. The van der Waals surface area contributed by atoms with Crippen LogP contribution >= 0.6 is 0 Å². The minimum atomic E-state index is 0.0766. The molecule has 0 saturated heterocycles. The van der Waals surface area contributed by atoms with Gasteiger partial charge in [0, 0.05) is 0 Å². The first kappa shape index (κ1) is 14.0. The molecule has 0 amide bonds. The zero-order chi connectivity index (χ0) is 15.6. The molecule has 2 aliphatic heterocycles. The van der Waals surface area contributed by atoms with E-state index in [-0.39, 0.29) is 27.2 Å². The molecule has 5 rings (SSSR count). The summed E-state index contributed by atoms with van der Waals surface area (Å²) in [6.45, 7) is 4.17. The van der Waals surface area contributed by atoms with Crippen molar-refractivity contribution in [3.63, 3.8) is 0 Å². The van der Waals surface area contributed by atoms with Crippen molar-refractivity contribution in [3.8, 4) is 0 Å². The van der Waals surface area contributed by atoms with Gasteiger partial charge in [0.1, 0.15) is 0 Å². The molecular formula is C19H19IN3-. The van der Waals surface area contributed by atoms with Crippen LogP contribution in [0.2, 0.25) is 0 Å². The molecule has 2 aromatic rings. The van der Waals surface area contributed by atoms with E-state index in [1.807, 2.05) is 0 Å². The molecule has 1 unspecified atom stereocenters. The molecule has 4 heteroatoms. The van der Waals surface area contributed by atoms with Crippen LogP contribution in [0.3, 0.4) is 0 Å². The molecule has 23 heavy (non-hydrogen) atoms. The Morgan fingerprint density at radius 2 is 2.00 bits per heavy atom. The molecule has 2 bridgehead atoms. The van der Waals surface area contributed by atoms with E-state index in [0.29, 0.717) is 4.05 Å². The molecule has 118 valence electrons. The van der Waals surface area contributed by atoms with E-state index in [4.69, 9.17) is 5.11 Å². The monoisotopic (exact) mass is 416 g/mol. The van der Waals surface area contributed by atoms with E-state index in [9.17, 15) is 0 Å². The number of halogens is 1. The molecule has 2 aromatic carbocycles. The van der Waals surface area contributed by atoms with Crippen molar-refractivity contribution < 1.29 is 21.2 Å². The van der Waals surface area contributed by atoms with Crippen LogP contribution in [0, 0.1) is 3.57 Å². The Morgan fingerprint density at radius 1 is 1.17 bits per heavy atom. The van der Waals surface area contributed by atoms with Gasteiger partial charge in [-0.25, -0.2) is 0 Å². The number of azo groups is 1. The molecule has 0 aromatic heterocycles. The molecule has 1 aliphatic carbocycles. The molecule has 0 saturated carbocycles. The first-order valence-corrected chi connectivity index (χ1v) is 10.7. The summed E-state index contributed by atoms with van der Waals surface area (Å²) in [7, 11) is 0. The third-order valence-electron chi connectivity index (χ3n) is 4.74. The summed E-state index contributed by atoms with van der Waals surface area (Å²) in [5.41, 5.74) is 3.89. The van der Waals surface area contributed by atoms with Crippen molar-refractivity contribution in [1.82, 2.24) is 0 Å². The van der Waals surface area contributed by atoms with Gasteiger partial charge >= 0.3 is 146 Å². The maximum absolute atomic E-state index is 4.70. The molecular weight excluding hydrogens is 397 g/mol.